The summed E-state index contributed by atoms with van der Waals surface area (Å²) in [6.07, 6.45) is 8.76. The molecule has 4 heterocycles. The van der Waals surface area contributed by atoms with Crippen LogP contribution in [0, 0.1) is 23.0 Å². The third kappa shape index (κ3) is 5.46. The molecule has 7 nitrogen and oxygen atoms in total. The molecule has 5 rings (SSSR count). The topological polar surface area (TPSA) is 72.5 Å². The van der Waals surface area contributed by atoms with E-state index in [4.69, 9.17) is 4.98 Å². The lowest BCUT2D eigenvalue weighted by molar-refractivity contribution is 0.242. The molecule has 0 atom stereocenters. The van der Waals surface area contributed by atoms with Gasteiger partial charge in [0.2, 0.25) is 0 Å². The highest BCUT2D eigenvalue weighted by atomic mass is 19.1. The van der Waals surface area contributed by atoms with Gasteiger partial charge in [0.15, 0.2) is 0 Å². The first kappa shape index (κ1) is 25.6. The molecule has 1 aromatic carbocycles. The molecule has 0 saturated carbocycles. The quantitative estimate of drug-likeness (QED) is 0.298. The minimum absolute atomic E-state index is 0.119. The molecule has 3 aromatic heterocycles. The Bertz CT molecular complexity index is 1410. The van der Waals surface area contributed by atoms with E-state index in [0.29, 0.717) is 31.7 Å². The Morgan fingerprint density at radius 3 is 2.50 bits per heavy atom. The van der Waals surface area contributed by atoms with E-state index in [1.807, 2.05) is 24.5 Å². The van der Waals surface area contributed by atoms with Gasteiger partial charge in [-0.05, 0) is 36.8 Å². The molecule has 0 aliphatic carbocycles. The van der Waals surface area contributed by atoms with E-state index < -0.39 is 11.6 Å². The predicted molar refractivity (Wildman–Crippen MR) is 145 cm³/mol. The van der Waals surface area contributed by atoms with E-state index in [1.165, 1.54) is 24.6 Å². The Morgan fingerprint density at radius 2 is 1.82 bits per heavy atom. The van der Waals surface area contributed by atoms with Crippen LogP contribution in [0.4, 0.5) is 20.3 Å². The molecule has 0 bridgehead atoms. The molecule has 0 radical (unpaired) electrons. The number of hydrogen-bond acceptors (Lipinski definition) is 6. The second kappa shape index (κ2) is 11.6. The monoisotopic (exact) mass is 515 g/mol. The molecule has 0 spiro atoms. The van der Waals surface area contributed by atoms with Crippen molar-refractivity contribution < 1.29 is 8.78 Å². The Hall–Kier alpha value is -4.03. The van der Waals surface area contributed by atoms with Crippen LogP contribution in [0.25, 0.3) is 16.6 Å². The highest BCUT2D eigenvalue weighted by Crippen LogP contribution is 2.31. The lowest BCUT2D eigenvalue weighted by atomic mass is 10.0. The summed E-state index contributed by atoms with van der Waals surface area (Å²) in [5, 5.41) is 17.5. The predicted octanol–water partition coefficient (Wildman–Crippen LogP) is 5.47. The van der Waals surface area contributed by atoms with Crippen molar-refractivity contribution in [2.24, 2.45) is 0 Å². The molecule has 1 aliphatic heterocycles. The molecular weight excluding hydrogens is 484 g/mol. The summed E-state index contributed by atoms with van der Waals surface area (Å²) in [4.78, 5) is 8.97. The lowest BCUT2D eigenvalue weighted by Crippen LogP contribution is -2.46. The number of pyridine rings is 2. The molecule has 1 saturated heterocycles. The van der Waals surface area contributed by atoms with Crippen molar-refractivity contribution in [3.05, 3.63) is 77.8 Å². The molecule has 0 unspecified atom stereocenters. The van der Waals surface area contributed by atoms with Crippen LogP contribution in [-0.2, 0) is 6.54 Å². The second-order valence-electron chi connectivity index (χ2n) is 9.61. The van der Waals surface area contributed by atoms with Crippen molar-refractivity contribution in [3.8, 4) is 17.2 Å². The third-order valence-corrected chi connectivity index (χ3v) is 7.04. The van der Waals surface area contributed by atoms with Gasteiger partial charge in [0.25, 0.3) is 0 Å². The number of nitriles is 1. The van der Waals surface area contributed by atoms with Crippen molar-refractivity contribution >= 4 is 17.0 Å². The number of anilines is 2. The molecule has 4 aromatic rings. The standard InChI is InChI=1S/C29H31F2N7/c1-2-3-4-10-33-23-15-24(29-22(16-32)18-35-38(29)19-23)21-8-9-28(34-17-21)37-13-11-36(12-14-37)20-25-26(30)6-5-7-27(25)31/h5-9,15,17-19,33H,2-4,10-14,20H2,1H3. The first-order valence-corrected chi connectivity index (χ1v) is 13.1. The summed E-state index contributed by atoms with van der Waals surface area (Å²) < 4.78 is 29.9. The molecule has 1 N–H and O–H groups in total. The zero-order valence-electron chi connectivity index (χ0n) is 21.5. The van der Waals surface area contributed by atoms with Crippen LogP contribution in [0.5, 0.6) is 0 Å². The first-order valence-electron chi connectivity index (χ1n) is 13.1. The number of halogens is 2. The number of rotatable bonds is 9. The SMILES string of the molecule is CCCCCNc1cc(-c2ccc(N3CCN(Cc4c(F)cccc4F)CC3)nc2)c2c(C#N)cnn2c1. The average molecular weight is 516 g/mol. The summed E-state index contributed by atoms with van der Waals surface area (Å²) in [6.45, 7) is 6.11. The van der Waals surface area contributed by atoms with Crippen molar-refractivity contribution in [1.82, 2.24) is 19.5 Å². The Balaban J connectivity index is 1.30. The van der Waals surface area contributed by atoms with Crippen LogP contribution in [0.15, 0.2) is 55.0 Å². The molecule has 196 valence electrons. The maximum atomic E-state index is 14.1. The van der Waals surface area contributed by atoms with Gasteiger partial charge in [-0.3, -0.25) is 4.90 Å². The Morgan fingerprint density at radius 1 is 1.03 bits per heavy atom. The third-order valence-electron chi connectivity index (χ3n) is 7.04. The van der Waals surface area contributed by atoms with Gasteiger partial charge in [-0.1, -0.05) is 25.8 Å². The molecule has 1 fully saturated rings. The van der Waals surface area contributed by atoms with E-state index in [-0.39, 0.29) is 12.1 Å². The smallest absolute Gasteiger partial charge is 0.130 e. The van der Waals surface area contributed by atoms with Gasteiger partial charge >= 0.3 is 0 Å². The molecule has 9 heteroatoms. The van der Waals surface area contributed by atoms with Gasteiger partial charge in [-0.15, -0.1) is 0 Å². The van der Waals surface area contributed by atoms with Gasteiger partial charge in [-0.25, -0.2) is 18.3 Å². The largest absolute Gasteiger partial charge is 0.384 e. The second-order valence-corrected chi connectivity index (χ2v) is 9.61. The summed E-state index contributed by atoms with van der Waals surface area (Å²) in [7, 11) is 0. The fourth-order valence-electron chi connectivity index (χ4n) is 4.90. The summed E-state index contributed by atoms with van der Waals surface area (Å²) in [5.74, 6) is -0.155. The number of unbranched alkanes of at least 4 members (excludes halogenated alkanes) is 2. The minimum atomic E-state index is -0.503. The fourth-order valence-corrected chi connectivity index (χ4v) is 4.90. The zero-order chi connectivity index (χ0) is 26.5. The van der Waals surface area contributed by atoms with Gasteiger partial charge < -0.3 is 10.2 Å². The number of nitrogens with one attached hydrogen (secondary N) is 1. The van der Waals surface area contributed by atoms with Crippen LogP contribution in [-0.4, -0.2) is 52.2 Å². The Labute approximate surface area is 221 Å². The number of benzene rings is 1. The number of fused-ring (bicyclic) bond motifs is 1. The zero-order valence-corrected chi connectivity index (χ0v) is 21.5. The van der Waals surface area contributed by atoms with E-state index in [2.05, 4.69) is 39.3 Å². The van der Waals surface area contributed by atoms with Crippen molar-refractivity contribution in [1.29, 1.82) is 5.26 Å². The van der Waals surface area contributed by atoms with Crippen molar-refractivity contribution in [3.63, 3.8) is 0 Å². The number of hydrogen-bond donors (Lipinski definition) is 1. The van der Waals surface area contributed by atoms with E-state index in [9.17, 15) is 14.0 Å². The minimum Gasteiger partial charge on any atom is -0.384 e. The molecule has 0 amide bonds. The van der Waals surface area contributed by atoms with Gasteiger partial charge in [0, 0.05) is 62.2 Å². The van der Waals surface area contributed by atoms with Crippen molar-refractivity contribution in [2.75, 3.05) is 42.9 Å². The highest BCUT2D eigenvalue weighted by molar-refractivity contribution is 5.86. The molecule has 38 heavy (non-hydrogen) atoms. The van der Waals surface area contributed by atoms with E-state index in [0.717, 1.165) is 47.5 Å². The Kier molecular flexibility index (Phi) is 7.80. The van der Waals surface area contributed by atoms with E-state index >= 15 is 0 Å². The van der Waals surface area contributed by atoms with Crippen molar-refractivity contribution in [2.45, 2.75) is 32.7 Å². The van der Waals surface area contributed by atoms with Crippen LogP contribution in [0.3, 0.4) is 0 Å². The summed E-state index contributed by atoms with van der Waals surface area (Å²) >= 11 is 0. The highest BCUT2D eigenvalue weighted by Gasteiger charge is 2.21. The first-order chi connectivity index (χ1) is 18.6. The van der Waals surface area contributed by atoms with Crippen LogP contribution in [0.1, 0.15) is 37.3 Å². The summed E-state index contributed by atoms with van der Waals surface area (Å²) in [6, 6.07) is 12.3. The van der Waals surface area contributed by atoms with E-state index in [1.54, 1.807) is 10.7 Å². The lowest BCUT2D eigenvalue weighted by Gasteiger charge is -2.35. The van der Waals surface area contributed by atoms with Crippen LogP contribution < -0.4 is 10.2 Å². The average Bonchev–Trinajstić information content (AvgIpc) is 3.36. The number of piperazine rings is 1. The van der Waals surface area contributed by atoms with Gasteiger partial charge in [0.1, 0.15) is 23.5 Å². The molecular formula is C29H31F2N7. The molecule has 1 aliphatic rings. The maximum absolute atomic E-state index is 14.1. The van der Waals surface area contributed by atoms with Gasteiger partial charge in [-0.2, -0.15) is 10.4 Å². The fraction of sp³-hybridized carbons (Fsp3) is 0.345. The summed E-state index contributed by atoms with van der Waals surface area (Å²) in [5.41, 5.74) is 4.15. The van der Waals surface area contributed by atoms with Crippen LogP contribution >= 0.6 is 0 Å². The maximum Gasteiger partial charge on any atom is 0.130 e. The van der Waals surface area contributed by atoms with Crippen LogP contribution in [0.2, 0.25) is 0 Å². The number of nitrogens with zero attached hydrogens (tertiary/aromatic N) is 6. The van der Waals surface area contributed by atoms with Gasteiger partial charge in [0.05, 0.1) is 29.2 Å². The number of aromatic nitrogens is 3. The normalized spacial score (nSPS) is 14.1.